The molecular formula is C15H21N3O. The van der Waals surface area contributed by atoms with Crippen molar-refractivity contribution in [1.82, 2.24) is 5.32 Å². The van der Waals surface area contributed by atoms with Gasteiger partial charge >= 0.3 is 0 Å². The monoisotopic (exact) mass is 259 g/mol. The number of nitrogens with zero attached hydrogens (tertiary/aromatic N) is 1. The summed E-state index contributed by atoms with van der Waals surface area (Å²) in [6.07, 6.45) is 7.38. The van der Waals surface area contributed by atoms with Gasteiger partial charge in [-0.25, -0.2) is 0 Å². The fourth-order valence-electron chi connectivity index (χ4n) is 2.30. The highest BCUT2D eigenvalue weighted by atomic mass is 16.4. The molecule has 0 unspecified atom stereocenters. The van der Waals surface area contributed by atoms with E-state index in [1.165, 1.54) is 24.8 Å². The van der Waals surface area contributed by atoms with Gasteiger partial charge in [-0.05, 0) is 37.8 Å². The Kier molecular flexibility index (Phi) is 4.98. The molecule has 19 heavy (non-hydrogen) atoms. The first-order valence-corrected chi connectivity index (χ1v) is 6.75. The van der Waals surface area contributed by atoms with Crippen molar-refractivity contribution in [3.8, 4) is 0 Å². The van der Waals surface area contributed by atoms with Gasteiger partial charge in [-0.2, -0.15) is 0 Å². The lowest BCUT2D eigenvalue weighted by atomic mass is 10.1. The number of allylic oxidation sites excluding steroid dienone is 1. The number of oxime groups is 1. The summed E-state index contributed by atoms with van der Waals surface area (Å²) in [5.74, 6) is 0.146. The lowest BCUT2D eigenvalue weighted by Crippen LogP contribution is -2.16. The van der Waals surface area contributed by atoms with E-state index in [1.807, 2.05) is 24.3 Å². The Morgan fingerprint density at radius 3 is 2.74 bits per heavy atom. The standard InChI is InChI=1S/C15H21N3O/c16-15(18-19)14-7-5-13(6-8-14)11-17-10-9-12-3-1-2-4-12/h3,5-8,17,19H,1-2,4,9-11H2,(H2,16,18). The van der Waals surface area contributed by atoms with E-state index in [2.05, 4.69) is 16.5 Å². The van der Waals surface area contributed by atoms with Crippen molar-refractivity contribution in [2.75, 3.05) is 6.54 Å². The average Bonchev–Trinajstić information content (AvgIpc) is 2.96. The van der Waals surface area contributed by atoms with E-state index in [4.69, 9.17) is 10.9 Å². The molecule has 4 heteroatoms. The van der Waals surface area contributed by atoms with Crippen LogP contribution in [0, 0.1) is 0 Å². The summed E-state index contributed by atoms with van der Waals surface area (Å²) in [6.45, 7) is 1.87. The molecule has 1 aliphatic carbocycles. The van der Waals surface area contributed by atoms with Gasteiger partial charge in [-0.1, -0.05) is 41.1 Å². The third kappa shape index (κ3) is 4.10. The Labute approximate surface area is 114 Å². The van der Waals surface area contributed by atoms with Crippen molar-refractivity contribution in [2.24, 2.45) is 10.9 Å². The van der Waals surface area contributed by atoms with Crippen LogP contribution in [0.5, 0.6) is 0 Å². The number of hydrogen-bond acceptors (Lipinski definition) is 3. The van der Waals surface area contributed by atoms with Crippen molar-refractivity contribution in [1.29, 1.82) is 0 Å². The van der Waals surface area contributed by atoms with Gasteiger partial charge in [0.25, 0.3) is 0 Å². The Balaban J connectivity index is 1.73. The number of hydrogen-bond donors (Lipinski definition) is 3. The summed E-state index contributed by atoms with van der Waals surface area (Å²) in [7, 11) is 0. The second-order valence-electron chi connectivity index (χ2n) is 4.86. The van der Waals surface area contributed by atoms with Gasteiger partial charge < -0.3 is 16.3 Å². The summed E-state index contributed by atoms with van der Waals surface area (Å²) in [6, 6.07) is 7.72. The zero-order valence-electron chi connectivity index (χ0n) is 11.1. The first kappa shape index (κ1) is 13.6. The molecule has 0 aliphatic heterocycles. The fraction of sp³-hybridized carbons (Fsp3) is 0.400. The fourth-order valence-corrected chi connectivity index (χ4v) is 2.30. The van der Waals surface area contributed by atoms with Crippen LogP contribution in [-0.2, 0) is 6.54 Å². The molecule has 102 valence electrons. The van der Waals surface area contributed by atoms with Crippen LogP contribution in [0.15, 0.2) is 41.1 Å². The number of amidine groups is 1. The number of benzene rings is 1. The van der Waals surface area contributed by atoms with Crippen LogP contribution in [0.4, 0.5) is 0 Å². The highest BCUT2D eigenvalue weighted by Gasteiger charge is 2.03. The van der Waals surface area contributed by atoms with Gasteiger partial charge in [-0.15, -0.1) is 0 Å². The third-order valence-corrected chi connectivity index (χ3v) is 3.44. The summed E-state index contributed by atoms with van der Waals surface area (Å²) < 4.78 is 0. The lowest BCUT2D eigenvalue weighted by Gasteiger charge is -2.06. The molecule has 0 radical (unpaired) electrons. The molecule has 0 aromatic heterocycles. The SMILES string of the molecule is N/C(=N/O)c1ccc(CNCCC2=CCCC2)cc1. The molecule has 0 bridgehead atoms. The summed E-state index contributed by atoms with van der Waals surface area (Å²) in [4.78, 5) is 0. The van der Waals surface area contributed by atoms with E-state index in [1.54, 1.807) is 5.57 Å². The molecule has 0 saturated carbocycles. The minimum absolute atomic E-state index is 0.146. The number of rotatable bonds is 6. The van der Waals surface area contributed by atoms with Crippen LogP contribution in [0.3, 0.4) is 0 Å². The molecule has 0 heterocycles. The van der Waals surface area contributed by atoms with Crippen molar-refractivity contribution in [3.63, 3.8) is 0 Å². The molecule has 0 fully saturated rings. The van der Waals surface area contributed by atoms with Gasteiger partial charge in [0.05, 0.1) is 0 Å². The van der Waals surface area contributed by atoms with Crippen molar-refractivity contribution >= 4 is 5.84 Å². The van der Waals surface area contributed by atoms with Gasteiger partial charge in [0.2, 0.25) is 0 Å². The maximum Gasteiger partial charge on any atom is 0.170 e. The summed E-state index contributed by atoms with van der Waals surface area (Å²) in [5.41, 5.74) is 9.05. The molecule has 2 rings (SSSR count). The quantitative estimate of drug-likeness (QED) is 0.183. The first-order chi connectivity index (χ1) is 9.29. The Morgan fingerprint density at radius 1 is 1.32 bits per heavy atom. The molecule has 1 aromatic rings. The van der Waals surface area contributed by atoms with Crippen LogP contribution < -0.4 is 11.1 Å². The minimum Gasteiger partial charge on any atom is -0.409 e. The smallest absolute Gasteiger partial charge is 0.170 e. The Morgan fingerprint density at radius 2 is 2.11 bits per heavy atom. The van der Waals surface area contributed by atoms with Crippen molar-refractivity contribution < 1.29 is 5.21 Å². The third-order valence-electron chi connectivity index (χ3n) is 3.44. The van der Waals surface area contributed by atoms with Crippen LogP contribution in [0.1, 0.15) is 36.8 Å². The molecule has 0 amide bonds. The predicted octanol–water partition coefficient (Wildman–Crippen LogP) is 2.37. The van der Waals surface area contributed by atoms with E-state index in [0.717, 1.165) is 25.1 Å². The van der Waals surface area contributed by atoms with E-state index in [9.17, 15) is 0 Å². The zero-order valence-corrected chi connectivity index (χ0v) is 11.1. The molecular weight excluding hydrogens is 238 g/mol. The predicted molar refractivity (Wildman–Crippen MR) is 77.2 cm³/mol. The second kappa shape index (κ2) is 6.95. The van der Waals surface area contributed by atoms with Gasteiger partial charge in [0, 0.05) is 12.1 Å². The zero-order chi connectivity index (χ0) is 13.5. The molecule has 1 aliphatic rings. The average molecular weight is 259 g/mol. The molecule has 0 saturated heterocycles. The lowest BCUT2D eigenvalue weighted by molar-refractivity contribution is 0.318. The normalized spacial score (nSPS) is 15.6. The molecule has 4 N–H and O–H groups in total. The van der Waals surface area contributed by atoms with Crippen LogP contribution in [-0.4, -0.2) is 17.6 Å². The minimum atomic E-state index is 0.146. The topological polar surface area (TPSA) is 70.6 Å². The van der Waals surface area contributed by atoms with Gasteiger partial charge in [0.1, 0.15) is 0 Å². The first-order valence-electron chi connectivity index (χ1n) is 6.75. The van der Waals surface area contributed by atoms with E-state index >= 15 is 0 Å². The van der Waals surface area contributed by atoms with E-state index in [-0.39, 0.29) is 5.84 Å². The maximum atomic E-state index is 8.58. The Hall–Kier alpha value is -1.81. The second-order valence-corrected chi connectivity index (χ2v) is 4.86. The molecule has 4 nitrogen and oxygen atoms in total. The van der Waals surface area contributed by atoms with Crippen LogP contribution in [0.2, 0.25) is 0 Å². The van der Waals surface area contributed by atoms with Crippen molar-refractivity contribution in [3.05, 3.63) is 47.0 Å². The maximum absolute atomic E-state index is 8.58. The van der Waals surface area contributed by atoms with Crippen molar-refractivity contribution in [2.45, 2.75) is 32.2 Å². The van der Waals surface area contributed by atoms with E-state index < -0.39 is 0 Å². The highest BCUT2D eigenvalue weighted by molar-refractivity contribution is 5.96. The largest absolute Gasteiger partial charge is 0.409 e. The van der Waals surface area contributed by atoms with Crippen LogP contribution >= 0.6 is 0 Å². The van der Waals surface area contributed by atoms with Gasteiger partial charge in [-0.3, -0.25) is 0 Å². The highest BCUT2D eigenvalue weighted by Crippen LogP contribution is 2.19. The summed E-state index contributed by atoms with van der Waals surface area (Å²) in [5, 5.41) is 15.0. The Bertz CT molecular complexity index is 463. The molecule has 0 spiro atoms. The van der Waals surface area contributed by atoms with E-state index in [0.29, 0.717) is 0 Å². The molecule has 0 atom stereocenters. The molecule has 1 aromatic carbocycles. The number of nitrogens with two attached hydrogens (primary N) is 1. The number of nitrogens with one attached hydrogen (secondary N) is 1. The van der Waals surface area contributed by atoms with Crippen LogP contribution in [0.25, 0.3) is 0 Å². The van der Waals surface area contributed by atoms with Gasteiger partial charge in [0.15, 0.2) is 5.84 Å². The summed E-state index contributed by atoms with van der Waals surface area (Å²) >= 11 is 0.